The van der Waals surface area contributed by atoms with E-state index in [4.69, 9.17) is 17.3 Å². The number of hydrogen-bond donors (Lipinski definition) is 2. The largest absolute Gasteiger partial charge is 0.384 e. The van der Waals surface area contributed by atoms with Gasteiger partial charge < -0.3 is 11.1 Å². The summed E-state index contributed by atoms with van der Waals surface area (Å²) in [5.41, 5.74) is 6.59. The summed E-state index contributed by atoms with van der Waals surface area (Å²) in [5, 5.41) is 2.58. The van der Waals surface area contributed by atoms with E-state index < -0.39 is 11.7 Å². The zero-order valence-electron chi connectivity index (χ0n) is 10.8. The molecular formula is C14H13ClFN3O. The number of nitrogens with zero attached hydrogens (tertiary/aromatic N) is 1. The van der Waals surface area contributed by atoms with Gasteiger partial charge in [-0.3, -0.25) is 4.79 Å². The highest BCUT2D eigenvalue weighted by atomic mass is 35.5. The summed E-state index contributed by atoms with van der Waals surface area (Å²) in [6, 6.07) is 7.23. The molecule has 2 rings (SSSR count). The predicted octanol–water partition coefficient (Wildman–Crippen LogP) is 3.27. The number of amides is 1. The molecule has 0 aliphatic rings. The van der Waals surface area contributed by atoms with E-state index in [2.05, 4.69) is 10.3 Å². The Hall–Kier alpha value is -2.14. The Bertz CT molecular complexity index is 641. The minimum atomic E-state index is -0.594. The summed E-state index contributed by atoms with van der Waals surface area (Å²) in [5.74, 6) is -0.835. The SMILES string of the molecule is CCc1cc(C(=O)Nc2c(F)cccc2Cl)cc(N)n1. The number of anilines is 2. The van der Waals surface area contributed by atoms with Crippen LogP contribution in [-0.2, 0) is 6.42 Å². The minimum Gasteiger partial charge on any atom is -0.384 e. The monoisotopic (exact) mass is 293 g/mol. The van der Waals surface area contributed by atoms with E-state index in [1.807, 2.05) is 6.92 Å². The molecule has 0 aliphatic carbocycles. The van der Waals surface area contributed by atoms with E-state index in [1.54, 1.807) is 6.07 Å². The molecule has 1 aromatic carbocycles. The van der Waals surface area contributed by atoms with Gasteiger partial charge in [-0.15, -0.1) is 0 Å². The number of nitrogens with two attached hydrogens (primary N) is 1. The number of para-hydroxylation sites is 1. The molecule has 0 bridgehead atoms. The van der Waals surface area contributed by atoms with Crippen molar-refractivity contribution >= 4 is 29.0 Å². The smallest absolute Gasteiger partial charge is 0.255 e. The molecule has 1 aromatic heterocycles. The summed E-state index contributed by atoms with van der Waals surface area (Å²) < 4.78 is 13.6. The van der Waals surface area contributed by atoms with Crippen LogP contribution in [0.3, 0.4) is 0 Å². The van der Waals surface area contributed by atoms with Gasteiger partial charge in [-0.25, -0.2) is 9.37 Å². The number of nitrogen functional groups attached to an aromatic ring is 1. The van der Waals surface area contributed by atoms with E-state index in [0.29, 0.717) is 17.7 Å². The van der Waals surface area contributed by atoms with Crippen LogP contribution in [0.5, 0.6) is 0 Å². The molecule has 4 nitrogen and oxygen atoms in total. The number of halogens is 2. The van der Waals surface area contributed by atoms with Crippen LogP contribution in [0.25, 0.3) is 0 Å². The van der Waals surface area contributed by atoms with Crippen molar-refractivity contribution < 1.29 is 9.18 Å². The number of aromatic nitrogens is 1. The molecule has 0 saturated heterocycles. The summed E-state index contributed by atoms with van der Waals surface area (Å²) >= 11 is 5.86. The van der Waals surface area contributed by atoms with E-state index >= 15 is 0 Å². The molecule has 0 atom stereocenters. The summed E-state index contributed by atoms with van der Waals surface area (Å²) in [4.78, 5) is 16.2. The Morgan fingerprint density at radius 3 is 2.85 bits per heavy atom. The average Bonchev–Trinajstić information content (AvgIpc) is 2.42. The topological polar surface area (TPSA) is 68.0 Å². The van der Waals surface area contributed by atoms with Gasteiger partial charge in [0, 0.05) is 11.3 Å². The van der Waals surface area contributed by atoms with Crippen LogP contribution in [0.15, 0.2) is 30.3 Å². The second-order valence-corrected chi connectivity index (χ2v) is 4.58. The van der Waals surface area contributed by atoms with Crippen LogP contribution in [0, 0.1) is 5.82 Å². The van der Waals surface area contributed by atoms with Crippen molar-refractivity contribution in [2.24, 2.45) is 0 Å². The van der Waals surface area contributed by atoms with Crippen molar-refractivity contribution in [1.29, 1.82) is 0 Å². The molecule has 0 unspecified atom stereocenters. The quantitative estimate of drug-likeness (QED) is 0.912. The van der Waals surface area contributed by atoms with Crippen LogP contribution < -0.4 is 11.1 Å². The van der Waals surface area contributed by atoms with Gasteiger partial charge in [-0.05, 0) is 30.7 Å². The van der Waals surface area contributed by atoms with Crippen LogP contribution in [-0.4, -0.2) is 10.9 Å². The van der Waals surface area contributed by atoms with E-state index in [9.17, 15) is 9.18 Å². The Morgan fingerprint density at radius 2 is 2.20 bits per heavy atom. The van der Waals surface area contributed by atoms with Gasteiger partial charge in [0.2, 0.25) is 0 Å². The van der Waals surface area contributed by atoms with Crippen LogP contribution >= 0.6 is 11.6 Å². The molecule has 1 heterocycles. The molecule has 0 aliphatic heterocycles. The molecule has 0 fully saturated rings. The third-order valence-corrected chi connectivity index (χ3v) is 3.04. The first-order chi connectivity index (χ1) is 9.51. The highest BCUT2D eigenvalue weighted by molar-refractivity contribution is 6.34. The number of carbonyl (C=O) groups is 1. The maximum atomic E-state index is 13.6. The number of pyridine rings is 1. The van der Waals surface area contributed by atoms with Gasteiger partial charge in [-0.2, -0.15) is 0 Å². The fourth-order valence-corrected chi connectivity index (χ4v) is 1.94. The van der Waals surface area contributed by atoms with Crippen molar-refractivity contribution in [2.45, 2.75) is 13.3 Å². The fourth-order valence-electron chi connectivity index (χ4n) is 1.73. The fraction of sp³-hybridized carbons (Fsp3) is 0.143. The third-order valence-electron chi connectivity index (χ3n) is 2.72. The summed E-state index contributed by atoms with van der Waals surface area (Å²) in [6.45, 7) is 1.90. The molecule has 104 valence electrons. The maximum absolute atomic E-state index is 13.6. The number of aryl methyl sites for hydroxylation is 1. The molecule has 6 heteroatoms. The molecule has 2 aromatic rings. The van der Waals surface area contributed by atoms with E-state index in [1.165, 1.54) is 24.3 Å². The van der Waals surface area contributed by atoms with E-state index in [-0.39, 0.29) is 16.5 Å². The lowest BCUT2D eigenvalue weighted by Gasteiger charge is -2.09. The third kappa shape index (κ3) is 3.05. The molecule has 0 saturated carbocycles. The molecule has 0 radical (unpaired) electrons. The lowest BCUT2D eigenvalue weighted by Crippen LogP contribution is -2.14. The normalized spacial score (nSPS) is 10.3. The molecule has 3 N–H and O–H groups in total. The standard InChI is InChI=1S/C14H13ClFN3O/c1-2-9-6-8(7-12(17)18-9)14(20)19-13-10(15)4-3-5-11(13)16/h3-7H,2H2,1H3,(H2,17,18)(H,19,20). The first-order valence-corrected chi connectivity index (χ1v) is 6.41. The van der Waals surface area contributed by atoms with Crippen molar-refractivity contribution in [1.82, 2.24) is 4.98 Å². The lowest BCUT2D eigenvalue weighted by atomic mass is 10.1. The summed E-state index contributed by atoms with van der Waals surface area (Å²) in [7, 11) is 0. The minimum absolute atomic E-state index is 0.0485. The first-order valence-electron chi connectivity index (χ1n) is 6.03. The predicted molar refractivity (Wildman–Crippen MR) is 77.4 cm³/mol. The average molecular weight is 294 g/mol. The number of hydrogen-bond acceptors (Lipinski definition) is 3. The Morgan fingerprint density at radius 1 is 1.45 bits per heavy atom. The Labute approximate surface area is 120 Å². The molecule has 20 heavy (non-hydrogen) atoms. The van der Waals surface area contributed by atoms with Crippen LogP contribution in [0.1, 0.15) is 23.0 Å². The zero-order valence-corrected chi connectivity index (χ0v) is 11.5. The van der Waals surface area contributed by atoms with Crippen LogP contribution in [0.4, 0.5) is 15.9 Å². The van der Waals surface area contributed by atoms with Crippen molar-refractivity contribution in [3.8, 4) is 0 Å². The highest BCUT2D eigenvalue weighted by Crippen LogP contribution is 2.25. The number of benzene rings is 1. The lowest BCUT2D eigenvalue weighted by molar-refractivity contribution is 0.102. The Balaban J connectivity index is 2.31. The van der Waals surface area contributed by atoms with Crippen molar-refractivity contribution in [3.05, 3.63) is 52.4 Å². The number of nitrogens with one attached hydrogen (secondary N) is 1. The molecular weight excluding hydrogens is 281 g/mol. The van der Waals surface area contributed by atoms with Gasteiger partial charge in [0.1, 0.15) is 11.6 Å². The maximum Gasteiger partial charge on any atom is 0.255 e. The second kappa shape index (κ2) is 5.88. The second-order valence-electron chi connectivity index (χ2n) is 4.18. The number of rotatable bonds is 3. The van der Waals surface area contributed by atoms with Gasteiger partial charge in [-0.1, -0.05) is 24.6 Å². The van der Waals surface area contributed by atoms with Gasteiger partial charge in [0.05, 0.1) is 10.7 Å². The van der Waals surface area contributed by atoms with Gasteiger partial charge in [0.25, 0.3) is 5.91 Å². The van der Waals surface area contributed by atoms with Crippen molar-refractivity contribution in [2.75, 3.05) is 11.1 Å². The Kier molecular flexibility index (Phi) is 4.20. The van der Waals surface area contributed by atoms with E-state index in [0.717, 1.165) is 0 Å². The first kappa shape index (κ1) is 14.3. The van der Waals surface area contributed by atoms with Gasteiger partial charge in [0.15, 0.2) is 0 Å². The highest BCUT2D eigenvalue weighted by Gasteiger charge is 2.13. The summed E-state index contributed by atoms with van der Waals surface area (Å²) in [6.07, 6.45) is 0.645. The van der Waals surface area contributed by atoms with Gasteiger partial charge >= 0.3 is 0 Å². The number of carbonyl (C=O) groups excluding carboxylic acids is 1. The van der Waals surface area contributed by atoms with Crippen LogP contribution in [0.2, 0.25) is 5.02 Å². The molecule has 1 amide bonds. The van der Waals surface area contributed by atoms with Crippen molar-refractivity contribution in [3.63, 3.8) is 0 Å². The molecule has 0 spiro atoms. The zero-order chi connectivity index (χ0) is 14.7.